The molecule has 1 aromatic rings. The van der Waals surface area contributed by atoms with Crippen molar-refractivity contribution in [2.45, 2.75) is 31.4 Å². The summed E-state index contributed by atoms with van der Waals surface area (Å²) in [6.07, 6.45) is 2.48. The van der Waals surface area contributed by atoms with Gasteiger partial charge in [-0.3, -0.25) is 0 Å². The summed E-state index contributed by atoms with van der Waals surface area (Å²) in [5.74, 6) is 0. The molecule has 0 bridgehead atoms. The van der Waals surface area contributed by atoms with Gasteiger partial charge in [0.25, 0.3) is 0 Å². The minimum atomic E-state index is -0.803. The van der Waals surface area contributed by atoms with Gasteiger partial charge in [-0.2, -0.15) is 0 Å². The number of rotatable bonds is 4. The van der Waals surface area contributed by atoms with E-state index in [0.717, 1.165) is 10.0 Å². The van der Waals surface area contributed by atoms with Crippen LogP contribution in [0.5, 0.6) is 0 Å². The highest BCUT2D eigenvalue weighted by atomic mass is 79.9. The highest BCUT2D eigenvalue weighted by Crippen LogP contribution is 2.28. The fourth-order valence-electron chi connectivity index (χ4n) is 1.62. The minimum absolute atomic E-state index is 0.611. The zero-order chi connectivity index (χ0) is 10.9. The lowest BCUT2D eigenvalue weighted by molar-refractivity contribution is 0.0559. The monoisotopic (exact) mass is 269 g/mol. The second kappa shape index (κ2) is 4.24. The van der Waals surface area contributed by atoms with E-state index in [0.29, 0.717) is 12.6 Å². The van der Waals surface area contributed by atoms with E-state index in [4.69, 9.17) is 0 Å². The quantitative estimate of drug-likeness (QED) is 0.880. The first kappa shape index (κ1) is 11.1. The Morgan fingerprint density at radius 1 is 1.47 bits per heavy atom. The van der Waals surface area contributed by atoms with E-state index in [1.54, 1.807) is 0 Å². The smallest absolute Gasteiger partial charge is 0.100 e. The zero-order valence-corrected chi connectivity index (χ0v) is 10.4. The average Bonchev–Trinajstić information content (AvgIpc) is 2.99. The van der Waals surface area contributed by atoms with Crippen LogP contribution in [0.4, 0.5) is 0 Å². The van der Waals surface area contributed by atoms with Gasteiger partial charge in [0.05, 0.1) is 0 Å². The standard InChI is InChI=1S/C12H16BrNO/c1-12(15,8-14-9-6-7-9)10-4-2-3-5-11(10)13/h2-5,9,14-15H,6-8H2,1H3. The third-order valence-electron chi connectivity index (χ3n) is 2.77. The number of benzene rings is 1. The van der Waals surface area contributed by atoms with Crippen LogP contribution in [0, 0.1) is 0 Å². The molecular weight excluding hydrogens is 254 g/mol. The zero-order valence-electron chi connectivity index (χ0n) is 8.83. The summed E-state index contributed by atoms with van der Waals surface area (Å²) in [7, 11) is 0. The number of halogens is 1. The Morgan fingerprint density at radius 2 is 2.13 bits per heavy atom. The van der Waals surface area contributed by atoms with E-state index >= 15 is 0 Å². The second-order valence-corrected chi connectivity index (χ2v) is 5.26. The molecule has 0 aromatic heterocycles. The van der Waals surface area contributed by atoms with Gasteiger partial charge in [-0.1, -0.05) is 34.1 Å². The minimum Gasteiger partial charge on any atom is -0.384 e. The highest BCUT2D eigenvalue weighted by molar-refractivity contribution is 9.10. The van der Waals surface area contributed by atoms with Crippen LogP contribution in [0.1, 0.15) is 25.3 Å². The van der Waals surface area contributed by atoms with Crippen molar-refractivity contribution in [1.82, 2.24) is 5.32 Å². The fourth-order valence-corrected chi connectivity index (χ4v) is 2.34. The Morgan fingerprint density at radius 3 is 2.73 bits per heavy atom. The van der Waals surface area contributed by atoms with Crippen molar-refractivity contribution < 1.29 is 5.11 Å². The van der Waals surface area contributed by atoms with Crippen molar-refractivity contribution in [2.24, 2.45) is 0 Å². The summed E-state index contributed by atoms with van der Waals surface area (Å²) < 4.78 is 0.965. The maximum absolute atomic E-state index is 10.4. The molecule has 15 heavy (non-hydrogen) atoms. The molecule has 2 N–H and O–H groups in total. The highest BCUT2D eigenvalue weighted by Gasteiger charge is 2.29. The first-order valence-corrected chi connectivity index (χ1v) is 6.10. The molecule has 0 heterocycles. The van der Waals surface area contributed by atoms with Gasteiger partial charge in [-0.25, -0.2) is 0 Å². The van der Waals surface area contributed by atoms with Gasteiger partial charge in [0, 0.05) is 17.1 Å². The molecule has 2 nitrogen and oxygen atoms in total. The molecule has 82 valence electrons. The largest absolute Gasteiger partial charge is 0.384 e. The van der Waals surface area contributed by atoms with E-state index < -0.39 is 5.60 Å². The number of hydrogen-bond acceptors (Lipinski definition) is 2. The van der Waals surface area contributed by atoms with Crippen LogP contribution in [0.25, 0.3) is 0 Å². The summed E-state index contributed by atoms with van der Waals surface area (Å²) in [6.45, 7) is 2.46. The van der Waals surface area contributed by atoms with E-state index in [2.05, 4.69) is 21.2 Å². The molecule has 3 heteroatoms. The molecule has 1 fully saturated rings. The molecule has 0 aliphatic heterocycles. The third kappa shape index (κ3) is 2.80. The Bertz CT molecular complexity index is 347. The summed E-state index contributed by atoms with van der Waals surface area (Å²) in [5.41, 5.74) is 0.140. The van der Waals surface area contributed by atoms with Gasteiger partial charge in [0.15, 0.2) is 0 Å². The van der Waals surface area contributed by atoms with Crippen molar-refractivity contribution in [3.8, 4) is 0 Å². The number of aliphatic hydroxyl groups is 1. The van der Waals surface area contributed by atoms with Crippen LogP contribution >= 0.6 is 15.9 Å². The Hall–Kier alpha value is -0.380. The molecule has 2 rings (SSSR count). The van der Waals surface area contributed by atoms with Crippen molar-refractivity contribution >= 4 is 15.9 Å². The van der Waals surface area contributed by atoms with Gasteiger partial charge in [0.1, 0.15) is 5.60 Å². The van der Waals surface area contributed by atoms with Crippen LogP contribution in [0.15, 0.2) is 28.7 Å². The summed E-state index contributed by atoms with van der Waals surface area (Å²) in [6, 6.07) is 8.45. The topological polar surface area (TPSA) is 32.3 Å². The SMILES string of the molecule is CC(O)(CNC1CC1)c1ccccc1Br. The van der Waals surface area contributed by atoms with E-state index in [-0.39, 0.29) is 0 Å². The Labute approximate surface area is 98.8 Å². The summed E-state index contributed by atoms with van der Waals surface area (Å²) in [4.78, 5) is 0. The van der Waals surface area contributed by atoms with Crippen LogP contribution < -0.4 is 5.32 Å². The number of nitrogens with one attached hydrogen (secondary N) is 1. The predicted molar refractivity (Wildman–Crippen MR) is 64.7 cm³/mol. The van der Waals surface area contributed by atoms with E-state index in [1.807, 2.05) is 31.2 Å². The molecule has 1 aliphatic rings. The van der Waals surface area contributed by atoms with Gasteiger partial charge in [-0.05, 0) is 31.4 Å². The van der Waals surface area contributed by atoms with Gasteiger partial charge in [-0.15, -0.1) is 0 Å². The molecule has 1 aromatic carbocycles. The first-order valence-electron chi connectivity index (χ1n) is 5.30. The van der Waals surface area contributed by atoms with Gasteiger partial charge < -0.3 is 10.4 Å². The lowest BCUT2D eigenvalue weighted by Gasteiger charge is -2.25. The molecule has 1 atom stereocenters. The molecule has 1 saturated carbocycles. The molecule has 0 radical (unpaired) electrons. The van der Waals surface area contributed by atoms with Crippen LogP contribution in [0.3, 0.4) is 0 Å². The van der Waals surface area contributed by atoms with Crippen LogP contribution in [-0.2, 0) is 5.60 Å². The van der Waals surface area contributed by atoms with Crippen molar-refractivity contribution in [3.05, 3.63) is 34.3 Å². The molecule has 1 aliphatic carbocycles. The lowest BCUT2D eigenvalue weighted by Crippen LogP contribution is -2.36. The summed E-state index contributed by atoms with van der Waals surface area (Å²) >= 11 is 3.47. The van der Waals surface area contributed by atoms with Gasteiger partial charge >= 0.3 is 0 Å². The molecular formula is C12H16BrNO. The molecule has 1 unspecified atom stereocenters. The molecule has 0 spiro atoms. The third-order valence-corrected chi connectivity index (χ3v) is 3.46. The predicted octanol–water partition coefficient (Wildman–Crippen LogP) is 2.41. The molecule has 0 amide bonds. The maximum atomic E-state index is 10.4. The lowest BCUT2D eigenvalue weighted by atomic mass is 9.96. The average molecular weight is 270 g/mol. The fraction of sp³-hybridized carbons (Fsp3) is 0.500. The Kier molecular flexibility index (Phi) is 3.14. The van der Waals surface area contributed by atoms with Crippen molar-refractivity contribution in [1.29, 1.82) is 0 Å². The van der Waals surface area contributed by atoms with Crippen LogP contribution in [-0.4, -0.2) is 17.7 Å². The molecule has 0 saturated heterocycles. The van der Waals surface area contributed by atoms with Gasteiger partial charge in [0.2, 0.25) is 0 Å². The normalized spacial score (nSPS) is 19.9. The van der Waals surface area contributed by atoms with Crippen LogP contribution in [0.2, 0.25) is 0 Å². The van der Waals surface area contributed by atoms with Crippen molar-refractivity contribution in [2.75, 3.05) is 6.54 Å². The second-order valence-electron chi connectivity index (χ2n) is 4.41. The first-order chi connectivity index (χ1) is 7.09. The van der Waals surface area contributed by atoms with Crippen molar-refractivity contribution in [3.63, 3.8) is 0 Å². The maximum Gasteiger partial charge on any atom is 0.100 e. The summed E-state index contributed by atoms with van der Waals surface area (Å²) in [5, 5.41) is 13.7. The Balaban J connectivity index is 2.08. The van der Waals surface area contributed by atoms with E-state index in [1.165, 1.54) is 12.8 Å². The number of hydrogen-bond donors (Lipinski definition) is 2. The van der Waals surface area contributed by atoms with E-state index in [9.17, 15) is 5.11 Å².